The molecule has 16 heavy (non-hydrogen) atoms. The van der Waals surface area contributed by atoms with Gasteiger partial charge in [-0.3, -0.25) is 4.79 Å². The SMILES string of the molecule is CC(C)[C@H](O)[C@@](C)(Cl)C(=O)c1ccccc1. The maximum atomic E-state index is 12.1. The molecular weight excluding hydrogens is 224 g/mol. The molecule has 0 saturated carbocycles. The molecule has 0 bridgehead atoms. The second kappa shape index (κ2) is 4.98. The molecule has 3 heteroatoms. The number of aliphatic hydroxyl groups excluding tert-OH is 1. The number of ketones is 1. The third-order valence-electron chi connectivity index (χ3n) is 2.67. The molecule has 2 atom stereocenters. The first-order chi connectivity index (χ1) is 7.37. The Hall–Kier alpha value is -0.860. The van der Waals surface area contributed by atoms with Crippen LogP contribution < -0.4 is 0 Å². The van der Waals surface area contributed by atoms with Crippen molar-refractivity contribution in [3.63, 3.8) is 0 Å². The van der Waals surface area contributed by atoms with Gasteiger partial charge in [0, 0.05) is 5.56 Å². The quantitative estimate of drug-likeness (QED) is 0.649. The van der Waals surface area contributed by atoms with Crippen LogP contribution in [0.5, 0.6) is 0 Å². The smallest absolute Gasteiger partial charge is 0.186 e. The number of rotatable bonds is 4. The zero-order chi connectivity index (χ0) is 12.3. The summed E-state index contributed by atoms with van der Waals surface area (Å²) in [6.07, 6.45) is -0.859. The van der Waals surface area contributed by atoms with Crippen LogP contribution in [-0.4, -0.2) is 21.9 Å². The highest BCUT2D eigenvalue weighted by Gasteiger charge is 2.40. The minimum Gasteiger partial charge on any atom is -0.391 e. The van der Waals surface area contributed by atoms with Crippen molar-refractivity contribution in [2.24, 2.45) is 5.92 Å². The van der Waals surface area contributed by atoms with Crippen molar-refractivity contribution in [2.75, 3.05) is 0 Å². The predicted octanol–water partition coefficient (Wildman–Crippen LogP) is 2.88. The third-order valence-corrected chi connectivity index (χ3v) is 3.06. The zero-order valence-electron chi connectivity index (χ0n) is 9.77. The van der Waals surface area contributed by atoms with E-state index in [0.29, 0.717) is 5.56 Å². The highest BCUT2D eigenvalue weighted by atomic mass is 35.5. The summed E-state index contributed by atoms with van der Waals surface area (Å²) in [5.41, 5.74) is 0.528. The van der Waals surface area contributed by atoms with Gasteiger partial charge < -0.3 is 5.11 Å². The molecule has 0 aliphatic carbocycles. The predicted molar refractivity (Wildman–Crippen MR) is 65.9 cm³/mol. The lowest BCUT2D eigenvalue weighted by molar-refractivity contribution is 0.0631. The Morgan fingerprint density at radius 2 is 1.81 bits per heavy atom. The van der Waals surface area contributed by atoms with Crippen LogP contribution in [0.1, 0.15) is 31.1 Å². The fraction of sp³-hybridized carbons (Fsp3) is 0.462. The summed E-state index contributed by atoms with van der Waals surface area (Å²) < 4.78 is 0. The van der Waals surface area contributed by atoms with Gasteiger partial charge in [0.25, 0.3) is 0 Å². The molecule has 1 N–H and O–H groups in total. The van der Waals surface area contributed by atoms with Crippen molar-refractivity contribution >= 4 is 17.4 Å². The summed E-state index contributed by atoms with van der Waals surface area (Å²) in [5.74, 6) is -0.300. The molecule has 88 valence electrons. The normalized spacial score (nSPS) is 16.9. The Balaban J connectivity index is 2.97. The molecule has 0 fully saturated rings. The van der Waals surface area contributed by atoms with Crippen LogP contribution in [0.2, 0.25) is 0 Å². The molecule has 0 amide bonds. The van der Waals surface area contributed by atoms with Gasteiger partial charge in [-0.1, -0.05) is 44.2 Å². The molecule has 0 heterocycles. The Labute approximate surface area is 101 Å². The highest BCUT2D eigenvalue weighted by Crippen LogP contribution is 2.28. The van der Waals surface area contributed by atoms with Crippen molar-refractivity contribution in [1.29, 1.82) is 0 Å². The Morgan fingerprint density at radius 1 is 1.31 bits per heavy atom. The maximum absolute atomic E-state index is 12.1. The minimum atomic E-state index is -1.27. The highest BCUT2D eigenvalue weighted by molar-refractivity contribution is 6.38. The van der Waals surface area contributed by atoms with Crippen LogP contribution in [0.4, 0.5) is 0 Å². The van der Waals surface area contributed by atoms with Gasteiger partial charge in [0.15, 0.2) is 5.78 Å². The fourth-order valence-corrected chi connectivity index (χ4v) is 1.99. The monoisotopic (exact) mass is 240 g/mol. The van der Waals surface area contributed by atoms with Gasteiger partial charge in [0.05, 0.1) is 6.10 Å². The molecule has 0 aliphatic heterocycles. The summed E-state index contributed by atoms with van der Waals surface area (Å²) in [7, 11) is 0. The lowest BCUT2D eigenvalue weighted by Crippen LogP contribution is -2.44. The van der Waals surface area contributed by atoms with E-state index in [2.05, 4.69) is 0 Å². The second-order valence-corrected chi connectivity index (χ2v) is 5.24. The van der Waals surface area contributed by atoms with Gasteiger partial charge in [0.2, 0.25) is 0 Å². The number of carbonyl (C=O) groups excluding carboxylic acids is 1. The third kappa shape index (κ3) is 2.63. The van der Waals surface area contributed by atoms with Crippen LogP contribution >= 0.6 is 11.6 Å². The summed E-state index contributed by atoms with van der Waals surface area (Å²) >= 11 is 6.17. The number of Topliss-reactive ketones (excluding diaryl/α,β-unsaturated/α-hetero) is 1. The molecule has 0 unspecified atom stereocenters. The summed E-state index contributed by atoms with van der Waals surface area (Å²) in [6, 6.07) is 8.80. The van der Waals surface area contributed by atoms with Gasteiger partial charge >= 0.3 is 0 Å². The lowest BCUT2D eigenvalue weighted by atomic mass is 9.87. The summed E-state index contributed by atoms with van der Waals surface area (Å²) in [5, 5.41) is 9.93. The van der Waals surface area contributed by atoms with Crippen LogP contribution in [-0.2, 0) is 0 Å². The van der Waals surface area contributed by atoms with Gasteiger partial charge in [-0.25, -0.2) is 0 Å². The van der Waals surface area contributed by atoms with Gasteiger partial charge in [-0.2, -0.15) is 0 Å². The molecule has 0 aliphatic rings. The number of halogens is 1. The largest absolute Gasteiger partial charge is 0.391 e. The van der Waals surface area contributed by atoms with Crippen molar-refractivity contribution in [3.8, 4) is 0 Å². The number of hydrogen-bond donors (Lipinski definition) is 1. The number of alkyl halides is 1. The maximum Gasteiger partial charge on any atom is 0.186 e. The van der Waals surface area contributed by atoms with Crippen molar-refractivity contribution in [3.05, 3.63) is 35.9 Å². The molecule has 0 saturated heterocycles. The minimum absolute atomic E-state index is 0.0600. The zero-order valence-corrected chi connectivity index (χ0v) is 10.5. The topological polar surface area (TPSA) is 37.3 Å². The molecular formula is C13H17ClO2. The Morgan fingerprint density at radius 3 is 2.25 bits per heavy atom. The number of benzene rings is 1. The van der Waals surface area contributed by atoms with Crippen molar-refractivity contribution < 1.29 is 9.90 Å². The van der Waals surface area contributed by atoms with Crippen molar-refractivity contribution in [1.82, 2.24) is 0 Å². The second-order valence-electron chi connectivity index (χ2n) is 4.46. The molecule has 1 aromatic carbocycles. The average Bonchev–Trinajstić information content (AvgIpc) is 2.28. The number of hydrogen-bond acceptors (Lipinski definition) is 2. The standard InChI is InChI=1S/C13H17ClO2/c1-9(2)11(15)13(3,14)12(16)10-7-5-4-6-8-10/h4-9,11,15H,1-3H3/t11-,13+/m0/s1. The summed E-state index contributed by atoms with van der Waals surface area (Å²) in [4.78, 5) is 10.9. The van der Waals surface area contributed by atoms with E-state index in [9.17, 15) is 9.90 Å². The molecule has 1 rings (SSSR count). The van der Waals surface area contributed by atoms with Gasteiger partial charge in [-0.05, 0) is 12.8 Å². The molecule has 2 nitrogen and oxygen atoms in total. The van der Waals surface area contributed by atoms with E-state index < -0.39 is 11.0 Å². The Bertz CT molecular complexity index is 357. The van der Waals surface area contributed by atoms with E-state index in [-0.39, 0.29) is 11.7 Å². The first kappa shape index (κ1) is 13.2. The van der Waals surface area contributed by atoms with E-state index >= 15 is 0 Å². The summed E-state index contributed by atoms with van der Waals surface area (Å²) in [6.45, 7) is 5.24. The average molecular weight is 241 g/mol. The van der Waals surface area contributed by atoms with Crippen molar-refractivity contribution in [2.45, 2.75) is 31.7 Å². The number of carbonyl (C=O) groups is 1. The first-order valence-electron chi connectivity index (χ1n) is 5.34. The van der Waals surface area contributed by atoms with Crippen LogP contribution in [0, 0.1) is 5.92 Å². The first-order valence-corrected chi connectivity index (χ1v) is 5.72. The molecule has 0 radical (unpaired) electrons. The molecule has 0 spiro atoms. The lowest BCUT2D eigenvalue weighted by Gasteiger charge is -2.29. The fourth-order valence-electron chi connectivity index (χ4n) is 1.63. The van der Waals surface area contributed by atoms with E-state index in [4.69, 9.17) is 11.6 Å². The van der Waals surface area contributed by atoms with E-state index in [1.807, 2.05) is 19.9 Å². The van der Waals surface area contributed by atoms with Crippen LogP contribution in [0.25, 0.3) is 0 Å². The number of aliphatic hydroxyl groups is 1. The molecule has 1 aromatic rings. The van der Waals surface area contributed by atoms with E-state index in [1.165, 1.54) is 0 Å². The van der Waals surface area contributed by atoms with Gasteiger partial charge in [0.1, 0.15) is 4.87 Å². The molecule has 0 aromatic heterocycles. The Kier molecular flexibility index (Phi) is 4.11. The van der Waals surface area contributed by atoms with Gasteiger partial charge in [-0.15, -0.1) is 11.6 Å². The van der Waals surface area contributed by atoms with Crippen LogP contribution in [0.3, 0.4) is 0 Å². The van der Waals surface area contributed by atoms with E-state index in [1.54, 1.807) is 31.2 Å². The van der Waals surface area contributed by atoms with E-state index in [0.717, 1.165) is 0 Å². The van der Waals surface area contributed by atoms with Crippen LogP contribution in [0.15, 0.2) is 30.3 Å².